The van der Waals surface area contributed by atoms with Crippen molar-refractivity contribution in [1.29, 1.82) is 0 Å². The van der Waals surface area contributed by atoms with Gasteiger partial charge in [-0.2, -0.15) is 0 Å². The number of hydrogen-bond acceptors (Lipinski definition) is 4. The van der Waals surface area contributed by atoms with Gasteiger partial charge in [0, 0.05) is 47.4 Å². The number of likely N-dealkylation sites (N-methyl/N-ethyl adjacent to an activating group) is 1. The van der Waals surface area contributed by atoms with Crippen LogP contribution in [0.3, 0.4) is 0 Å². The van der Waals surface area contributed by atoms with E-state index in [2.05, 4.69) is 48.9 Å². The molecule has 1 aromatic heterocycles. The third-order valence-electron chi connectivity index (χ3n) is 4.48. The number of rotatable bonds is 10. The molecule has 1 heterocycles. The molecule has 2 rings (SSSR count). The smallest absolute Gasteiger partial charge is 0.251 e. The second kappa shape index (κ2) is 14.4. The van der Waals surface area contributed by atoms with E-state index in [9.17, 15) is 4.79 Å². The number of aryl methyl sites for hydroxylation is 1. The molecule has 0 saturated carbocycles. The number of carbonyl (C=O) groups is 1. The van der Waals surface area contributed by atoms with E-state index >= 15 is 0 Å². The number of hydrogen-bond donors (Lipinski definition) is 3. The van der Waals surface area contributed by atoms with Gasteiger partial charge < -0.3 is 20.9 Å². The molecule has 8 heteroatoms. The van der Waals surface area contributed by atoms with Gasteiger partial charge in [-0.1, -0.05) is 12.1 Å². The SMILES string of the molecule is CCNC(=NCc1cccc(C(=O)NCCN(C)C)c1)NC(C)Cc1ccc(C)s1.I. The lowest BCUT2D eigenvalue weighted by atomic mass is 10.1. The number of halogens is 1. The van der Waals surface area contributed by atoms with Crippen molar-refractivity contribution in [2.45, 2.75) is 39.8 Å². The molecule has 1 amide bonds. The van der Waals surface area contributed by atoms with Gasteiger partial charge in [0.15, 0.2) is 5.96 Å². The Morgan fingerprint density at radius 2 is 1.97 bits per heavy atom. The third kappa shape index (κ3) is 10.5. The van der Waals surface area contributed by atoms with Crippen molar-refractivity contribution in [2.24, 2.45) is 4.99 Å². The second-order valence-corrected chi connectivity index (χ2v) is 9.09. The van der Waals surface area contributed by atoms with Gasteiger partial charge in [0.25, 0.3) is 5.91 Å². The van der Waals surface area contributed by atoms with Crippen LogP contribution in [0.4, 0.5) is 0 Å². The highest BCUT2D eigenvalue weighted by Crippen LogP contribution is 2.16. The van der Waals surface area contributed by atoms with Crippen LogP contribution in [0, 0.1) is 6.92 Å². The first kappa shape index (κ1) is 27.4. The van der Waals surface area contributed by atoms with E-state index in [4.69, 9.17) is 4.99 Å². The maximum atomic E-state index is 12.4. The number of thiophene rings is 1. The molecule has 0 radical (unpaired) electrons. The van der Waals surface area contributed by atoms with E-state index in [1.807, 2.05) is 54.6 Å². The number of benzene rings is 1. The molecule has 31 heavy (non-hydrogen) atoms. The van der Waals surface area contributed by atoms with Gasteiger partial charge in [-0.25, -0.2) is 4.99 Å². The molecule has 1 unspecified atom stereocenters. The summed E-state index contributed by atoms with van der Waals surface area (Å²) < 4.78 is 0. The van der Waals surface area contributed by atoms with Crippen molar-refractivity contribution in [3.05, 3.63) is 57.3 Å². The Morgan fingerprint density at radius 1 is 1.19 bits per heavy atom. The molecule has 0 spiro atoms. The zero-order valence-corrected chi connectivity index (χ0v) is 22.3. The number of aliphatic imine (C=N–C) groups is 1. The van der Waals surface area contributed by atoms with Crippen molar-refractivity contribution >= 4 is 47.2 Å². The summed E-state index contributed by atoms with van der Waals surface area (Å²) in [7, 11) is 3.98. The first-order chi connectivity index (χ1) is 14.4. The van der Waals surface area contributed by atoms with Crippen molar-refractivity contribution in [2.75, 3.05) is 33.7 Å². The van der Waals surface area contributed by atoms with Gasteiger partial charge in [-0.05, 0) is 64.7 Å². The van der Waals surface area contributed by atoms with Crippen LogP contribution >= 0.6 is 35.3 Å². The second-order valence-electron chi connectivity index (χ2n) is 7.72. The van der Waals surface area contributed by atoms with Gasteiger partial charge in [-0.15, -0.1) is 35.3 Å². The average Bonchev–Trinajstić information content (AvgIpc) is 3.10. The fraction of sp³-hybridized carbons (Fsp3) is 0.478. The highest BCUT2D eigenvalue weighted by Gasteiger charge is 2.09. The normalized spacial score (nSPS) is 12.3. The Hall–Kier alpha value is -1.65. The monoisotopic (exact) mass is 557 g/mol. The number of guanidine groups is 1. The van der Waals surface area contributed by atoms with Crippen LogP contribution in [0.25, 0.3) is 0 Å². The maximum absolute atomic E-state index is 12.4. The number of amides is 1. The fourth-order valence-electron chi connectivity index (χ4n) is 2.98. The van der Waals surface area contributed by atoms with Crippen LogP contribution in [0.2, 0.25) is 0 Å². The number of nitrogens with one attached hydrogen (secondary N) is 3. The van der Waals surface area contributed by atoms with Gasteiger partial charge in [0.05, 0.1) is 6.54 Å². The van der Waals surface area contributed by atoms with Crippen molar-refractivity contribution in [1.82, 2.24) is 20.9 Å². The van der Waals surface area contributed by atoms with Gasteiger partial charge in [-0.3, -0.25) is 4.79 Å². The van der Waals surface area contributed by atoms with Gasteiger partial charge in [0.2, 0.25) is 0 Å². The molecule has 1 aromatic carbocycles. The molecular formula is C23H36IN5OS. The number of nitrogens with zero attached hydrogens (tertiary/aromatic N) is 2. The zero-order chi connectivity index (χ0) is 21.9. The first-order valence-corrected chi connectivity index (χ1v) is 11.3. The molecule has 0 bridgehead atoms. The molecule has 0 aliphatic rings. The lowest BCUT2D eigenvalue weighted by Gasteiger charge is -2.17. The highest BCUT2D eigenvalue weighted by atomic mass is 127. The zero-order valence-electron chi connectivity index (χ0n) is 19.2. The first-order valence-electron chi connectivity index (χ1n) is 10.5. The van der Waals surface area contributed by atoms with Gasteiger partial charge in [0.1, 0.15) is 0 Å². The summed E-state index contributed by atoms with van der Waals surface area (Å²) in [4.78, 5) is 21.8. The minimum absolute atomic E-state index is 0. The largest absolute Gasteiger partial charge is 0.357 e. The molecule has 172 valence electrons. The highest BCUT2D eigenvalue weighted by molar-refractivity contribution is 14.0. The molecule has 0 aliphatic carbocycles. The molecule has 1 atom stereocenters. The Kier molecular flexibility index (Phi) is 12.7. The summed E-state index contributed by atoms with van der Waals surface area (Å²) in [5.41, 5.74) is 1.68. The molecule has 0 fully saturated rings. The van der Waals surface area contributed by atoms with E-state index in [0.29, 0.717) is 18.7 Å². The lowest BCUT2D eigenvalue weighted by molar-refractivity contribution is 0.0951. The molecular weight excluding hydrogens is 521 g/mol. The Balaban J connectivity index is 0.00000480. The van der Waals surface area contributed by atoms with Crippen molar-refractivity contribution in [3.63, 3.8) is 0 Å². The molecule has 6 nitrogen and oxygen atoms in total. The number of carbonyl (C=O) groups excluding carboxylic acids is 1. The van der Waals surface area contributed by atoms with Crippen LogP contribution in [0.5, 0.6) is 0 Å². The van der Waals surface area contributed by atoms with Crippen LogP contribution in [0.1, 0.15) is 39.5 Å². The van der Waals surface area contributed by atoms with Crippen molar-refractivity contribution in [3.8, 4) is 0 Å². The van der Waals surface area contributed by atoms with Crippen LogP contribution in [0.15, 0.2) is 41.4 Å². The maximum Gasteiger partial charge on any atom is 0.251 e. The van der Waals surface area contributed by atoms with E-state index in [0.717, 1.165) is 31.0 Å². The Labute approximate surface area is 207 Å². The standard InChI is InChI=1S/C23H35N5OS.HI/c1-6-24-23(27-17(2)14-21-11-10-18(3)30-21)26-16-19-8-7-9-20(15-19)22(29)25-12-13-28(4)5;/h7-11,15,17H,6,12-14,16H2,1-5H3,(H,25,29)(H2,24,26,27);1H. The van der Waals surface area contributed by atoms with E-state index in [-0.39, 0.29) is 35.9 Å². The molecule has 3 N–H and O–H groups in total. The quantitative estimate of drug-likeness (QED) is 0.237. The molecule has 0 saturated heterocycles. The van der Waals surface area contributed by atoms with E-state index < -0.39 is 0 Å². The van der Waals surface area contributed by atoms with E-state index in [1.54, 1.807) is 0 Å². The summed E-state index contributed by atoms with van der Waals surface area (Å²) in [6.45, 7) is 9.11. The minimum Gasteiger partial charge on any atom is -0.357 e. The predicted octanol–water partition coefficient (Wildman–Crippen LogP) is 3.65. The third-order valence-corrected chi connectivity index (χ3v) is 5.51. The Bertz CT molecular complexity index is 837. The summed E-state index contributed by atoms with van der Waals surface area (Å²) in [5, 5.41) is 9.75. The topological polar surface area (TPSA) is 68.8 Å². The van der Waals surface area contributed by atoms with Crippen LogP contribution in [-0.2, 0) is 13.0 Å². The molecule has 2 aromatic rings. The Morgan fingerprint density at radius 3 is 2.61 bits per heavy atom. The van der Waals surface area contributed by atoms with E-state index in [1.165, 1.54) is 9.75 Å². The summed E-state index contributed by atoms with van der Waals surface area (Å²) >= 11 is 1.84. The molecule has 0 aliphatic heterocycles. The predicted molar refractivity (Wildman–Crippen MR) is 143 cm³/mol. The fourth-order valence-corrected chi connectivity index (χ4v) is 4.00. The van der Waals surface area contributed by atoms with Crippen LogP contribution < -0.4 is 16.0 Å². The van der Waals surface area contributed by atoms with Crippen LogP contribution in [-0.4, -0.2) is 56.5 Å². The lowest BCUT2D eigenvalue weighted by Crippen LogP contribution is -2.43. The minimum atomic E-state index is -0.0485. The van der Waals surface area contributed by atoms with Crippen molar-refractivity contribution < 1.29 is 4.79 Å². The summed E-state index contributed by atoms with van der Waals surface area (Å²) in [5.74, 6) is 0.742. The summed E-state index contributed by atoms with van der Waals surface area (Å²) in [6.07, 6.45) is 0.964. The summed E-state index contributed by atoms with van der Waals surface area (Å²) in [6, 6.07) is 12.3. The average molecular weight is 558 g/mol. The van der Waals surface area contributed by atoms with Gasteiger partial charge >= 0.3 is 0 Å².